The van der Waals surface area contributed by atoms with Crippen LogP contribution in [0.5, 0.6) is 0 Å². The summed E-state index contributed by atoms with van der Waals surface area (Å²) in [6, 6.07) is 1.37. The number of nitrogen functional groups attached to an aromatic ring is 1. The third-order valence-electron chi connectivity index (χ3n) is 2.21. The molecule has 0 bridgehead atoms. The van der Waals surface area contributed by atoms with Crippen molar-refractivity contribution in [2.24, 2.45) is 0 Å². The third-order valence-corrected chi connectivity index (χ3v) is 2.21. The summed E-state index contributed by atoms with van der Waals surface area (Å²) in [5, 5.41) is 0. The van der Waals surface area contributed by atoms with Gasteiger partial charge >= 0.3 is 0 Å². The highest BCUT2D eigenvalue weighted by Crippen LogP contribution is 2.18. The number of nitrogens with two attached hydrogens (primary N) is 1. The number of pyridine rings is 1. The average Bonchev–Trinajstić information content (AvgIpc) is 2.29. The van der Waals surface area contributed by atoms with Crippen LogP contribution >= 0.6 is 0 Å². The Hall–Kier alpha value is -2.04. The van der Waals surface area contributed by atoms with E-state index in [2.05, 4.69) is 15.0 Å². The standard InChI is InChI=1S/C11H11FN4/c1-2-9-11(13)15-6-10(16-9)7-3-8(12)5-14-4-7/h3-6H,2H2,1H3,(H2,13,15). The number of hydrogen-bond donors (Lipinski definition) is 1. The van der Waals surface area contributed by atoms with E-state index in [4.69, 9.17) is 5.73 Å². The molecule has 2 rings (SSSR count). The summed E-state index contributed by atoms with van der Waals surface area (Å²) in [6.07, 6.45) is 4.90. The Balaban J connectivity index is 2.48. The molecular weight excluding hydrogens is 207 g/mol. The molecule has 0 aliphatic carbocycles. The van der Waals surface area contributed by atoms with Gasteiger partial charge in [0, 0.05) is 11.8 Å². The van der Waals surface area contributed by atoms with Crippen molar-refractivity contribution in [3.8, 4) is 11.3 Å². The van der Waals surface area contributed by atoms with E-state index in [9.17, 15) is 4.39 Å². The summed E-state index contributed by atoms with van der Waals surface area (Å²) in [5.41, 5.74) is 7.54. The monoisotopic (exact) mass is 218 g/mol. The summed E-state index contributed by atoms with van der Waals surface area (Å²) >= 11 is 0. The van der Waals surface area contributed by atoms with Crippen molar-refractivity contribution in [1.82, 2.24) is 15.0 Å². The first kappa shape index (κ1) is 10.5. The molecule has 0 amide bonds. The van der Waals surface area contributed by atoms with Crippen LogP contribution in [-0.2, 0) is 6.42 Å². The summed E-state index contributed by atoms with van der Waals surface area (Å²) in [4.78, 5) is 12.1. The van der Waals surface area contributed by atoms with E-state index in [1.165, 1.54) is 12.3 Å². The Morgan fingerprint density at radius 2 is 2.12 bits per heavy atom. The molecule has 2 N–H and O–H groups in total. The van der Waals surface area contributed by atoms with Gasteiger partial charge in [0.25, 0.3) is 0 Å². The Labute approximate surface area is 92.4 Å². The SMILES string of the molecule is CCc1nc(-c2cncc(F)c2)cnc1N. The fourth-order valence-corrected chi connectivity index (χ4v) is 1.39. The third kappa shape index (κ3) is 1.98. The maximum absolute atomic E-state index is 13.0. The molecule has 2 heterocycles. The van der Waals surface area contributed by atoms with Crippen molar-refractivity contribution in [3.05, 3.63) is 36.2 Å². The van der Waals surface area contributed by atoms with Crippen LogP contribution in [0.2, 0.25) is 0 Å². The number of nitrogens with zero attached hydrogens (tertiary/aromatic N) is 3. The maximum Gasteiger partial charge on any atom is 0.145 e. The second-order valence-corrected chi connectivity index (χ2v) is 3.33. The van der Waals surface area contributed by atoms with Gasteiger partial charge < -0.3 is 5.73 Å². The molecule has 5 heteroatoms. The lowest BCUT2D eigenvalue weighted by atomic mass is 10.2. The number of aromatic nitrogens is 3. The molecule has 0 aromatic carbocycles. The van der Waals surface area contributed by atoms with Gasteiger partial charge in [-0.05, 0) is 12.5 Å². The van der Waals surface area contributed by atoms with Crippen molar-refractivity contribution in [1.29, 1.82) is 0 Å². The van der Waals surface area contributed by atoms with E-state index in [0.29, 0.717) is 29.2 Å². The Morgan fingerprint density at radius 1 is 1.31 bits per heavy atom. The van der Waals surface area contributed by atoms with Gasteiger partial charge in [-0.1, -0.05) is 6.92 Å². The van der Waals surface area contributed by atoms with Gasteiger partial charge in [-0.25, -0.2) is 14.4 Å². The molecule has 0 spiro atoms. The van der Waals surface area contributed by atoms with Crippen molar-refractivity contribution in [3.63, 3.8) is 0 Å². The molecule has 2 aromatic rings. The topological polar surface area (TPSA) is 64.7 Å². The molecule has 0 saturated carbocycles. The fourth-order valence-electron chi connectivity index (χ4n) is 1.39. The van der Waals surface area contributed by atoms with E-state index in [1.807, 2.05) is 6.92 Å². The van der Waals surface area contributed by atoms with E-state index >= 15 is 0 Å². The number of anilines is 1. The molecule has 16 heavy (non-hydrogen) atoms. The first-order chi connectivity index (χ1) is 7.70. The zero-order valence-electron chi connectivity index (χ0n) is 8.81. The maximum atomic E-state index is 13.0. The molecule has 0 aliphatic rings. The van der Waals surface area contributed by atoms with Gasteiger partial charge in [-0.3, -0.25) is 4.98 Å². The van der Waals surface area contributed by atoms with Crippen molar-refractivity contribution < 1.29 is 4.39 Å². The van der Waals surface area contributed by atoms with Crippen LogP contribution < -0.4 is 5.73 Å². The van der Waals surface area contributed by atoms with Crippen LogP contribution in [0.15, 0.2) is 24.7 Å². The minimum Gasteiger partial charge on any atom is -0.382 e. The van der Waals surface area contributed by atoms with Gasteiger partial charge in [0.1, 0.15) is 11.6 Å². The minimum atomic E-state index is -0.394. The first-order valence-corrected chi connectivity index (χ1v) is 4.93. The smallest absolute Gasteiger partial charge is 0.145 e. The second-order valence-electron chi connectivity index (χ2n) is 3.33. The van der Waals surface area contributed by atoms with Crippen LogP contribution in [0.25, 0.3) is 11.3 Å². The quantitative estimate of drug-likeness (QED) is 0.835. The lowest BCUT2D eigenvalue weighted by Crippen LogP contribution is -2.01. The Kier molecular flexibility index (Phi) is 2.76. The van der Waals surface area contributed by atoms with E-state index in [0.717, 1.165) is 6.20 Å². The molecule has 82 valence electrons. The Bertz CT molecular complexity index is 513. The molecule has 0 atom stereocenters. The molecule has 0 fully saturated rings. The number of rotatable bonds is 2. The molecular formula is C11H11FN4. The summed E-state index contributed by atoms with van der Waals surface area (Å²) < 4.78 is 13.0. The minimum absolute atomic E-state index is 0.394. The molecule has 4 nitrogen and oxygen atoms in total. The molecule has 2 aromatic heterocycles. The number of halogens is 1. The number of aryl methyl sites for hydroxylation is 1. The highest BCUT2D eigenvalue weighted by atomic mass is 19.1. The number of hydrogen-bond acceptors (Lipinski definition) is 4. The summed E-state index contributed by atoms with van der Waals surface area (Å²) in [7, 11) is 0. The summed E-state index contributed by atoms with van der Waals surface area (Å²) in [5.74, 6) is 0.0183. The highest BCUT2D eigenvalue weighted by Gasteiger charge is 2.06. The van der Waals surface area contributed by atoms with Crippen LogP contribution in [0, 0.1) is 5.82 Å². The predicted octanol–water partition coefficient (Wildman–Crippen LogP) is 1.82. The molecule has 0 radical (unpaired) electrons. The first-order valence-electron chi connectivity index (χ1n) is 4.93. The second kappa shape index (κ2) is 4.22. The van der Waals surface area contributed by atoms with Gasteiger partial charge in [0.15, 0.2) is 0 Å². The largest absolute Gasteiger partial charge is 0.382 e. The van der Waals surface area contributed by atoms with Crippen LogP contribution in [0.1, 0.15) is 12.6 Å². The van der Waals surface area contributed by atoms with E-state index in [-0.39, 0.29) is 0 Å². The lowest BCUT2D eigenvalue weighted by molar-refractivity contribution is 0.622. The molecule has 0 saturated heterocycles. The van der Waals surface area contributed by atoms with Crippen LogP contribution in [-0.4, -0.2) is 15.0 Å². The van der Waals surface area contributed by atoms with Gasteiger partial charge in [-0.2, -0.15) is 0 Å². The molecule has 0 aliphatic heterocycles. The van der Waals surface area contributed by atoms with Crippen LogP contribution in [0.4, 0.5) is 10.2 Å². The van der Waals surface area contributed by atoms with E-state index in [1.54, 1.807) is 6.20 Å². The van der Waals surface area contributed by atoms with Gasteiger partial charge in [0.05, 0.1) is 23.8 Å². The zero-order valence-corrected chi connectivity index (χ0v) is 8.81. The van der Waals surface area contributed by atoms with Crippen LogP contribution in [0.3, 0.4) is 0 Å². The zero-order chi connectivity index (χ0) is 11.5. The molecule has 0 unspecified atom stereocenters. The summed E-state index contributed by atoms with van der Waals surface area (Å²) in [6.45, 7) is 1.94. The van der Waals surface area contributed by atoms with Crippen molar-refractivity contribution >= 4 is 5.82 Å². The van der Waals surface area contributed by atoms with Gasteiger partial charge in [-0.15, -0.1) is 0 Å². The van der Waals surface area contributed by atoms with E-state index < -0.39 is 5.82 Å². The lowest BCUT2D eigenvalue weighted by Gasteiger charge is -2.04. The average molecular weight is 218 g/mol. The van der Waals surface area contributed by atoms with Crippen molar-refractivity contribution in [2.75, 3.05) is 5.73 Å². The Morgan fingerprint density at radius 3 is 2.81 bits per heavy atom. The fraction of sp³-hybridized carbons (Fsp3) is 0.182. The predicted molar refractivity (Wildman–Crippen MR) is 59.0 cm³/mol. The highest BCUT2D eigenvalue weighted by molar-refractivity contribution is 5.58. The normalized spacial score (nSPS) is 10.4. The van der Waals surface area contributed by atoms with Gasteiger partial charge in [0.2, 0.25) is 0 Å². The van der Waals surface area contributed by atoms with Crippen molar-refractivity contribution in [2.45, 2.75) is 13.3 Å².